The van der Waals surface area contributed by atoms with Gasteiger partial charge in [-0.3, -0.25) is 0 Å². The minimum absolute atomic E-state index is 0.0309. The van der Waals surface area contributed by atoms with Crippen molar-refractivity contribution >= 4 is 12.4 Å². The van der Waals surface area contributed by atoms with Crippen LogP contribution in [-0.2, 0) is 9.53 Å². The van der Waals surface area contributed by atoms with Gasteiger partial charge in [-0.1, -0.05) is 12.1 Å². The molecule has 0 bridgehead atoms. The average molecular weight is 267 g/mol. The van der Waals surface area contributed by atoms with Crippen LogP contribution in [0.15, 0.2) is 24.3 Å². The fourth-order valence-corrected chi connectivity index (χ4v) is 1.48. The summed E-state index contributed by atoms with van der Waals surface area (Å²) in [5.74, 6) is -0.382. The Kier molecular flexibility index (Phi) is 5.03. The lowest BCUT2D eigenvalue weighted by molar-refractivity contribution is -0.109. The van der Waals surface area contributed by atoms with Crippen molar-refractivity contribution in [3.05, 3.63) is 35.6 Å². The number of nitrogens with one attached hydrogen (secondary N) is 1. The van der Waals surface area contributed by atoms with E-state index in [-0.39, 0.29) is 12.2 Å². The minimum atomic E-state index is -0.708. The summed E-state index contributed by atoms with van der Waals surface area (Å²) >= 11 is 0. The highest BCUT2D eigenvalue weighted by Gasteiger charge is 2.20. The number of hydrogen-bond donors (Lipinski definition) is 1. The van der Waals surface area contributed by atoms with Crippen LogP contribution in [0.5, 0.6) is 0 Å². The number of hydrogen-bond acceptors (Lipinski definition) is 3. The first-order valence-corrected chi connectivity index (χ1v) is 6.00. The van der Waals surface area contributed by atoms with Crippen LogP contribution in [0, 0.1) is 5.82 Å². The lowest BCUT2D eigenvalue weighted by atomic mass is 10.1. The quantitative estimate of drug-likeness (QED) is 0.853. The molecule has 1 rings (SSSR count). The highest BCUT2D eigenvalue weighted by molar-refractivity contribution is 5.69. The zero-order chi connectivity index (χ0) is 14.5. The van der Waals surface area contributed by atoms with E-state index < -0.39 is 17.7 Å². The Labute approximate surface area is 112 Å². The van der Waals surface area contributed by atoms with Crippen LogP contribution < -0.4 is 5.32 Å². The maximum absolute atomic E-state index is 12.8. The molecule has 4 nitrogen and oxygen atoms in total. The molecule has 104 valence electrons. The third-order valence-corrected chi connectivity index (χ3v) is 2.28. The van der Waals surface area contributed by atoms with Crippen molar-refractivity contribution < 1.29 is 18.7 Å². The van der Waals surface area contributed by atoms with Gasteiger partial charge < -0.3 is 14.8 Å². The van der Waals surface area contributed by atoms with Crippen molar-refractivity contribution in [2.45, 2.75) is 38.8 Å². The standard InChI is InChI=1S/C14H18FNO3/c1-14(2,3)16-13(18)19-12(8-9-17)10-4-6-11(15)7-5-10/h4-7,9,12H,8H2,1-3H3,(H,16,18)/t12-/m0/s1. The molecule has 0 fully saturated rings. The van der Waals surface area contributed by atoms with Crippen molar-refractivity contribution in [2.24, 2.45) is 0 Å². The van der Waals surface area contributed by atoms with Crippen LogP contribution in [0.1, 0.15) is 38.9 Å². The molecule has 0 unspecified atom stereocenters. The first kappa shape index (κ1) is 15.1. The Morgan fingerprint density at radius 2 is 1.95 bits per heavy atom. The number of ether oxygens (including phenoxy) is 1. The predicted octanol–water partition coefficient (Wildman–Crippen LogP) is 2.98. The molecule has 0 saturated carbocycles. The molecular formula is C14H18FNO3. The van der Waals surface area contributed by atoms with Crippen LogP contribution in [0.25, 0.3) is 0 Å². The van der Waals surface area contributed by atoms with E-state index in [2.05, 4.69) is 5.32 Å². The molecule has 1 aromatic rings. The Balaban J connectivity index is 2.75. The van der Waals surface area contributed by atoms with E-state index in [1.807, 2.05) is 20.8 Å². The SMILES string of the molecule is CC(C)(C)NC(=O)O[C@@H](CC=O)c1ccc(F)cc1. The summed E-state index contributed by atoms with van der Waals surface area (Å²) in [6.07, 6.45) is -0.620. The molecule has 0 radical (unpaired) electrons. The van der Waals surface area contributed by atoms with E-state index in [0.29, 0.717) is 11.8 Å². The lowest BCUT2D eigenvalue weighted by Gasteiger charge is -2.23. The van der Waals surface area contributed by atoms with Gasteiger partial charge in [-0.2, -0.15) is 0 Å². The Hall–Kier alpha value is -1.91. The van der Waals surface area contributed by atoms with Crippen LogP contribution >= 0.6 is 0 Å². The topological polar surface area (TPSA) is 55.4 Å². The molecule has 1 atom stereocenters. The van der Waals surface area contributed by atoms with Crippen molar-refractivity contribution in [2.75, 3.05) is 0 Å². The smallest absolute Gasteiger partial charge is 0.408 e. The average Bonchev–Trinajstić information content (AvgIpc) is 2.27. The number of rotatable bonds is 4. The van der Waals surface area contributed by atoms with Crippen LogP contribution in [0.3, 0.4) is 0 Å². The number of carbonyl (C=O) groups is 2. The molecule has 0 aliphatic carbocycles. The maximum Gasteiger partial charge on any atom is 0.408 e. The number of carbonyl (C=O) groups excluding carboxylic acids is 2. The van der Waals surface area contributed by atoms with Crippen molar-refractivity contribution in [3.63, 3.8) is 0 Å². The van der Waals surface area contributed by atoms with Gasteiger partial charge in [0.15, 0.2) is 0 Å². The van der Waals surface area contributed by atoms with Gasteiger partial charge >= 0.3 is 6.09 Å². The number of halogens is 1. The van der Waals surface area contributed by atoms with Gasteiger partial charge in [0.1, 0.15) is 18.2 Å². The van der Waals surface area contributed by atoms with E-state index in [1.54, 1.807) is 0 Å². The second kappa shape index (κ2) is 6.31. The summed E-state index contributed by atoms with van der Waals surface area (Å²) in [7, 11) is 0. The molecule has 1 aromatic carbocycles. The van der Waals surface area contributed by atoms with Gasteiger partial charge in [0.05, 0.1) is 0 Å². The molecule has 0 aliphatic rings. The molecule has 19 heavy (non-hydrogen) atoms. The largest absolute Gasteiger partial charge is 0.441 e. The summed E-state index contributed by atoms with van der Waals surface area (Å²) in [4.78, 5) is 22.3. The van der Waals surface area contributed by atoms with Gasteiger partial charge in [0.25, 0.3) is 0 Å². The number of aldehydes is 1. The van der Waals surface area contributed by atoms with Crippen LogP contribution in [0.4, 0.5) is 9.18 Å². The van der Waals surface area contributed by atoms with Crippen molar-refractivity contribution in [1.29, 1.82) is 0 Å². The second-order valence-electron chi connectivity index (χ2n) is 5.22. The minimum Gasteiger partial charge on any atom is -0.441 e. The van der Waals surface area contributed by atoms with Gasteiger partial charge in [0, 0.05) is 12.0 Å². The van der Waals surface area contributed by atoms with Crippen LogP contribution in [-0.4, -0.2) is 17.9 Å². The zero-order valence-corrected chi connectivity index (χ0v) is 11.3. The Morgan fingerprint density at radius 1 is 1.37 bits per heavy atom. The predicted molar refractivity (Wildman–Crippen MR) is 69.2 cm³/mol. The summed E-state index contributed by atoms with van der Waals surface area (Å²) in [6, 6.07) is 5.51. The Morgan fingerprint density at radius 3 is 2.42 bits per heavy atom. The third-order valence-electron chi connectivity index (χ3n) is 2.28. The monoisotopic (exact) mass is 267 g/mol. The summed E-state index contributed by atoms with van der Waals surface area (Å²) < 4.78 is 18.0. The van der Waals surface area contributed by atoms with E-state index in [1.165, 1.54) is 24.3 Å². The molecule has 0 aromatic heterocycles. The van der Waals surface area contributed by atoms with E-state index in [9.17, 15) is 14.0 Å². The summed E-state index contributed by atoms with van der Waals surface area (Å²) in [6.45, 7) is 5.46. The van der Waals surface area contributed by atoms with E-state index >= 15 is 0 Å². The highest BCUT2D eigenvalue weighted by atomic mass is 19.1. The highest BCUT2D eigenvalue weighted by Crippen LogP contribution is 2.21. The van der Waals surface area contributed by atoms with E-state index in [4.69, 9.17) is 4.74 Å². The molecule has 0 aliphatic heterocycles. The zero-order valence-electron chi connectivity index (χ0n) is 11.3. The van der Waals surface area contributed by atoms with Gasteiger partial charge in [-0.15, -0.1) is 0 Å². The summed E-state index contributed by atoms with van der Waals surface area (Å²) in [5.41, 5.74) is 0.156. The number of benzene rings is 1. The van der Waals surface area contributed by atoms with Crippen molar-refractivity contribution in [3.8, 4) is 0 Å². The lowest BCUT2D eigenvalue weighted by Crippen LogP contribution is -2.41. The molecular weight excluding hydrogens is 249 g/mol. The first-order valence-electron chi connectivity index (χ1n) is 6.00. The second-order valence-corrected chi connectivity index (χ2v) is 5.22. The first-order chi connectivity index (χ1) is 8.81. The number of alkyl carbamates (subject to hydrolysis) is 1. The van der Waals surface area contributed by atoms with E-state index in [0.717, 1.165) is 0 Å². The van der Waals surface area contributed by atoms with Crippen LogP contribution in [0.2, 0.25) is 0 Å². The third kappa shape index (κ3) is 5.50. The van der Waals surface area contributed by atoms with Crippen molar-refractivity contribution in [1.82, 2.24) is 5.32 Å². The van der Waals surface area contributed by atoms with Gasteiger partial charge in [0.2, 0.25) is 0 Å². The fourth-order valence-electron chi connectivity index (χ4n) is 1.48. The molecule has 1 N–H and O–H groups in total. The fraction of sp³-hybridized carbons (Fsp3) is 0.429. The van der Waals surface area contributed by atoms with Gasteiger partial charge in [-0.05, 0) is 38.5 Å². The molecule has 0 spiro atoms. The molecule has 5 heteroatoms. The maximum atomic E-state index is 12.8. The number of amides is 1. The normalized spacial score (nSPS) is 12.6. The molecule has 1 amide bonds. The Bertz CT molecular complexity index is 437. The molecule has 0 saturated heterocycles. The van der Waals surface area contributed by atoms with Gasteiger partial charge in [-0.25, -0.2) is 9.18 Å². The summed E-state index contributed by atoms with van der Waals surface area (Å²) in [5, 5.41) is 2.64. The molecule has 0 heterocycles.